The normalized spacial score (nSPS) is 22.8. The van der Waals surface area contributed by atoms with Gasteiger partial charge in [0.1, 0.15) is 5.82 Å². The summed E-state index contributed by atoms with van der Waals surface area (Å²) in [5.74, 6) is 0.724. The Kier molecular flexibility index (Phi) is 4.57. The van der Waals surface area contributed by atoms with E-state index < -0.39 is 0 Å². The van der Waals surface area contributed by atoms with Crippen LogP contribution in [0.25, 0.3) is 0 Å². The molecule has 0 unspecified atom stereocenters. The Balaban J connectivity index is 2.01. The molecule has 1 fully saturated rings. The lowest BCUT2D eigenvalue weighted by Gasteiger charge is -2.18. The quantitative estimate of drug-likeness (QED) is 0.853. The average molecular weight is 278 g/mol. The SMILES string of the molecule is CO[C@H]1CN(C)C[C@@H]1NC(=O)c1ccc(N(C)C)nc1. The van der Waals surface area contributed by atoms with Crippen LogP contribution >= 0.6 is 0 Å². The number of rotatable bonds is 4. The van der Waals surface area contributed by atoms with Gasteiger partial charge in [-0.3, -0.25) is 4.79 Å². The summed E-state index contributed by atoms with van der Waals surface area (Å²) in [7, 11) is 7.53. The Morgan fingerprint density at radius 3 is 2.75 bits per heavy atom. The molecule has 110 valence electrons. The van der Waals surface area contributed by atoms with E-state index in [0.717, 1.165) is 18.9 Å². The van der Waals surface area contributed by atoms with Gasteiger partial charge in [-0.25, -0.2) is 4.98 Å². The Morgan fingerprint density at radius 2 is 2.20 bits per heavy atom. The first-order valence-corrected chi connectivity index (χ1v) is 6.67. The number of hydrogen-bond donors (Lipinski definition) is 1. The van der Waals surface area contributed by atoms with Crippen LogP contribution in [0.4, 0.5) is 5.82 Å². The number of likely N-dealkylation sites (tertiary alicyclic amines) is 1. The molecule has 0 saturated carbocycles. The first-order chi connectivity index (χ1) is 9.51. The predicted molar refractivity (Wildman–Crippen MR) is 78.1 cm³/mol. The topological polar surface area (TPSA) is 57.7 Å². The van der Waals surface area contributed by atoms with E-state index in [2.05, 4.69) is 15.2 Å². The van der Waals surface area contributed by atoms with Crippen molar-refractivity contribution in [1.82, 2.24) is 15.2 Å². The molecule has 1 aromatic rings. The van der Waals surface area contributed by atoms with Crippen molar-refractivity contribution in [2.24, 2.45) is 0 Å². The molecule has 1 aliphatic rings. The number of aromatic nitrogens is 1. The largest absolute Gasteiger partial charge is 0.378 e. The van der Waals surface area contributed by atoms with Crippen molar-refractivity contribution in [1.29, 1.82) is 0 Å². The fourth-order valence-corrected chi connectivity index (χ4v) is 2.38. The number of hydrogen-bond acceptors (Lipinski definition) is 5. The van der Waals surface area contributed by atoms with Gasteiger partial charge in [0.25, 0.3) is 5.91 Å². The fraction of sp³-hybridized carbons (Fsp3) is 0.571. The van der Waals surface area contributed by atoms with E-state index in [4.69, 9.17) is 4.74 Å². The van der Waals surface area contributed by atoms with E-state index in [-0.39, 0.29) is 18.1 Å². The van der Waals surface area contributed by atoms with Crippen LogP contribution in [0.2, 0.25) is 0 Å². The summed E-state index contributed by atoms with van der Waals surface area (Å²) in [6.45, 7) is 1.63. The summed E-state index contributed by atoms with van der Waals surface area (Å²) in [5, 5.41) is 3.02. The molecule has 2 rings (SSSR count). The number of carbonyl (C=O) groups is 1. The zero-order valence-electron chi connectivity index (χ0n) is 12.5. The first-order valence-electron chi connectivity index (χ1n) is 6.67. The molecule has 2 heterocycles. The van der Waals surface area contributed by atoms with Crippen LogP contribution < -0.4 is 10.2 Å². The molecule has 1 aliphatic heterocycles. The number of amides is 1. The third-order valence-electron chi connectivity index (χ3n) is 3.54. The number of methoxy groups -OCH3 is 1. The number of anilines is 1. The van der Waals surface area contributed by atoms with Crippen LogP contribution in [0, 0.1) is 0 Å². The molecule has 1 amide bonds. The fourth-order valence-electron chi connectivity index (χ4n) is 2.38. The Labute approximate surface area is 119 Å². The Morgan fingerprint density at radius 1 is 1.45 bits per heavy atom. The molecule has 0 spiro atoms. The van der Waals surface area contributed by atoms with E-state index in [1.807, 2.05) is 32.1 Å². The van der Waals surface area contributed by atoms with Gasteiger partial charge in [-0.05, 0) is 19.2 Å². The lowest BCUT2D eigenvalue weighted by molar-refractivity contribution is 0.0766. The van der Waals surface area contributed by atoms with Gasteiger partial charge in [0.15, 0.2) is 0 Å². The molecule has 0 aliphatic carbocycles. The van der Waals surface area contributed by atoms with Crippen molar-refractivity contribution in [2.45, 2.75) is 12.1 Å². The predicted octanol–water partition coefficient (Wildman–Crippen LogP) is 0.206. The van der Waals surface area contributed by atoms with Crippen LogP contribution in [-0.4, -0.2) is 69.3 Å². The first kappa shape index (κ1) is 14.7. The van der Waals surface area contributed by atoms with E-state index in [0.29, 0.717) is 5.56 Å². The third-order valence-corrected chi connectivity index (χ3v) is 3.54. The monoisotopic (exact) mass is 278 g/mol. The highest BCUT2D eigenvalue weighted by molar-refractivity contribution is 5.94. The maximum Gasteiger partial charge on any atom is 0.253 e. The minimum atomic E-state index is -0.106. The van der Waals surface area contributed by atoms with Crippen LogP contribution in [0.3, 0.4) is 0 Å². The van der Waals surface area contributed by atoms with Crippen molar-refractivity contribution < 1.29 is 9.53 Å². The summed E-state index contributed by atoms with van der Waals surface area (Å²) in [4.78, 5) is 20.5. The number of likely N-dealkylation sites (N-methyl/N-ethyl adjacent to an activating group) is 1. The van der Waals surface area contributed by atoms with E-state index >= 15 is 0 Å². The van der Waals surface area contributed by atoms with Crippen molar-refractivity contribution in [2.75, 3.05) is 46.2 Å². The summed E-state index contributed by atoms with van der Waals surface area (Å²) in [5.41, 5.74) is 0.569. The van der Waals surface area contributed by atoms with Gasteiger partial charge >= 0.3 is 0 Å². The average Bonchev–Trinajstić information content (AvgIpc) is 2.78. The molecule has 0 aromatic carbocycles. The van der Waals surface area contributed by atoms with Gasteiger partial charge < -0.3 is 19.9 Å². The van der Waals surface area contributed by atoms with Crippen LogP contribution in [0.1, 0.15) is 10.4 Å². The minimum absolute atomic E-state index is 0.0195. The lowest BCUT2D eigenvalue weighted by atomic mass is 10.2. The van der Waals surface area contributed by atoms with Crippen LogP contribution in [0.15, 0.2) is 18.3 Å². The van der Waals surface area contributed by atoms with Crippen molar-refractivity contribution in [3.63, 3.8) is 0 Å². The molecule has 2 atom stereocenters. The number of nitrogens with zero attached hydrogens (tertiary/aromatic N) is 3. The molecule has 20 heavy (non-hydrogen) atoms. The van der Waals surface area contributed by atoms with Crippen molar-refractivity contribution in [3.8, 4) is 0 Å². The number of nitrogens with one attached hydrogen (secondary N) is 1. The zero-order valence-corrected chi connectivity index (χ0v) is 12.5. The molecule has 0 radical (unpaired) electrons. The van der Waals surface area contributed by atoms with Crippen LogP contribution in [-0.2, 0) is 4.74 Å². The molecule has 1 N–H and O–H groups in total. The lowest BCUT2D eigenvalue weighted by Crippen LogP contribution is -2.43. The third kappa shape index (κ3) is 3.26. The second-order valence-corrected chi connectivity index (χ2v) is 5.37. The molecule has 1 saturated heterocycles. The molecular formula is C14H22N4O2. The Hall–Kier alpha value is -1.66. The zero-order chi connectivity index (χ0) is 14.7. The molecule has 0 bridgehead atoms. The van der Waals surface area contributed by atoms with Gasteiger partial charge in [0.05, 0.1) is 17.7 Å². The Bertz CT molecular complexity index is 461. The van der Waals surface area contributed by atoms with Crippen molar-refractivity contribution in [3.05, 3.63) is 23.9 Å². The molecule has 1 aromatic heterocycles. The summed E-state index contributed by atoms with van der Waals surface area (Å²) in [6.07, 6.45) is 1.64. The molecule has 6 heteroatoms. The molecule has 6 nitrogen and oxygen atoms in total. The van der Waals surface area contributed by atoms with E-state index in [1.165, 1.54) is 0 Å². The van der Waals surface area contributed by atoms with Gasteiger partial charge in [-0.1, -0.05) is 0 Å². The van der Waals surface area contributed by atoms with Crippen LogP contribution in [0.5, 0.6) is 0 Å². The van der Waals surface area contributed by atoms with Crippen molar-refractivity contribution >= 4 is 11.7 Å². The summed E-state index contributed by atoms with van der Waals surface area (Å²) in [6, 6.07) is 3.65. The van der Waals surface area contributed by atoms with E-state index in [9.17, 15) is 4.79 Å². The van der Waals surface area contributed by atoms with Gasteiger partial charge in [-0.15, -0.1) is 0 Å². The molecular weight excluding hydrogens is 256 g/mol. The second kappa shape index (κ2) is 6.19. The highest BCUT2D eigenvalue weighted by Crippen LogP contribution is 2.13. The summed E-state index contributed by atoms with van der Waals surface area (Å²) >= 11 is 0. The van der Waals surface area contributed by atoms with Gasteiger partial charge in [-0.2, -0.15) is 0 Å². The standard InChI is InChI=1S/C14H22N4O2/c1-17(2)13-6-5-10(7-15-13)14(19)16-11-8-18(3)9-12(11)20-4/h5-7,11-12H,8-9H2,1-4H3,(H,16,19)/t11-,12-/m0/s1. The smallest absolute Gasteiger partial charge is 0.253 e. The summed E-state index contributed by atoms with van der Waals surface area (Å²) < 4.78 is 5.40. The van der Waals surface area contributed by atoms with E-state index in [1.54, 1.807) is 19.4 Å². The highest BCUT2D eigenvalue weighted by Gasteiger charge is 2.32. The maximum atomic E-state index is 12.2. The highest BCUT2D eigenvalue weighted by atomic mass is 16.5. The second-order valence-electron chi connectivity index (χ2n) is 5.37. The maximum absolute atomic E-state index is 12.2. The number of ether oxygens (including phenoxy) is 1. The van der Waals surface area contributed by atoms with Gasteiger partial charge in [0.2, 0.25) is 0 Å². The minimum Gasteiger partial charge on any atom is -0.378 e. The number of carbonyl (C=O) groups excluding carboxylic acids is 1. The van der Waals surface area contributed by atoms with Gasteiger partial charge in [0, 0.05) is 40.5 Å². The number of pyridine rings is 1.